The second-order valence-corrected chi connectivity index (χ2v) is 6.85. The summed E-state index contributed by atoms with van der Waals surface area (Å²) in [6.45, 7) is 1.92. The van der Waals surface area contributed by atoms with Gasteiger partial charge in [-0.15, -0.1) is 0 Å². The molecule has 1 N–H and O–H groups in total. The summed E-state index contributed by atoms with van der Waals surface area (Å²) >= 11 is 6.37. The van der Waals surface area contributed by atoms with Crippen LogP contribution < -0.4 is 5.32 Å². The molecule has 10 heteroatoms. The van der Waals surface area contributed by atoms with Crippen LogP contribution in [0.2, 0.25) is 5.15 Å². The lowest BCUT2D eigenvalue weighted by atomic mass is 10.2. The van der Waals surface area contributed by atoms with E-state index < -0.39 is 11.7 Å². The van der Waals surface area contributed by atoms with Crippen LogP contribution in [0.25, 0.3) is 5.69 Å². The lowest BCUT2D eigenvalue weighted by molar-refractivity contribution is 0.102. The standard InChI is InChI=1S/C20H15ClF2N6O/c1-12-18(19(21)28(27-12)9-13-2-4-14(22)5-3-13)20(30)26-15-6-7-17(16(23)8-15)29-11-24-10-25-29/h2-8,10-11H,9H2,1H3,(H,26,30). The molecule has 0 atom stereocenters. The number of rotatable bonds is 5. The fourth-order valence-corrected chi connectivity index (χ4v) is 3.30. The number of anilines is 1. The third-order valence-corrected chi connectivity index (χ3v) is 4.79. The quantitative estimate of drug-likeness (QED) is 0.521. The maximum absolute atomic E-state index is 14.4. The monoisotopic (exact) mass is 428 g/mol. The van der Waals surface area contributed by atoms with Gasteiger partial charge in [0.2, 0.25) is 0 Å². The first kappa shape index (κ1) is 19.7. The second kappa shape index (κ2) is 8.03. The molecule has 0 saturated carbocycles. The average Bonchev–Trinajstić information content (AvgIpc) is 3.32. The van der Waals surface area contributed by atoms with Crippen molar-refractivity contribution >= 4 is 23.2 Å². The lowest BCUT2D eigenvalue weighted by Crippen LogP contribution is -2.14. The van der Waals surface area contributed by atoms with E-state index in [0.29, 0.717) is 5.69 Å². The molecule has 2 aromatic carbocycles. The topological polar surface area (TPSA) is 77.6 Å². The Morgan fingerprint density at radius 3 is 2.60 bits per heavy atom. The Balaban J connectivity index is 1.54. The van der Waals surface area contributed by atoms with Crippen molar-refractivity contribution in [1.82, 2.24) is 24.5 Å². The minimum absolute atomic E-state index is 0.133. The Kier molecular flexibility index (Phi) is 5.28. The molecular weight excluding hydrogens is 414 g/mol. The summed E-state index contributed by atoms with van der Waals surface area (Å²) < 4.78 is 30.2. The van der Waals surface area contributed by atoms with Crippen LogP contribution in [0.1, 0.15) is 21.6 Å². The zero-order chi connectivity index (χ0) is 21.3. The van der Waals surface area contributed by atoms with Gasteiger partial charge in [-0.2, -0.15) is 10.2 Å². The third-order valence-electron chi connectivity index (χ3n) is 4.41. The molecule has 0 unspecified atom stereocenters. The molecule has 7 nitrogen and oxygen atoms in total. The zero-order valence-corrected chi connectivity index (χ0v) is 16.4. The molecular formula is C20H15ClF2N6O. The summed E-state index contributed by atoms with van der Waals surface area (Å²) in [6, 6.07) is 10.1. The number of carbonyl (C=O) groups is 1. The molecule has 0 aliphatic carbocycles. The number of halogens is 3. The van der Waals surface area contributed by atoms with Crippen molar-refractivity contribution < 1.29 is 13.6 Å². The third kappa shape index (κ3) is 3.92. The van der Waals surface area contributed by atoms with E-state index in [2.05, 4.69) is 20.5 Å². The van der Waals surface area contributed by atoms with Crippen molar-refractivity contribution in [2.24, 2.45) is 0 Å². The molecule has 0 radical (unpaired) electrons. The molecule has 0 aliphatic rings. The molecule has 0 aliphatic heterocycles. The van der Waals surface area contributed by atoms with Crippen LogP contribution in [0.3, 0.4) is 0 Å². The molecule has 30 heavy (non-hydrogen) atoms. The number of nitrogens with one attached hydrogen (secondary N) is 1. The molecule has 0 spiro atoms. The number of aromatic nitrogens is 5. The van der Waals surface area contributed by atoms with E-state index in [-0.39, 0.29) is 34.5 Å². The normalized spacial score (nSPS) is 10.9. The van der Waals surface area contributed by atoms with E-state index >= 15 is 0 Å². The van der Waals surface area contributed by atoms with Gasteiger partial charge >= 0.3 is 0 Å². The summed E-state index contributed by atoms with van der Waals surface area (Å²) in [4.78, 5) is 16.5. The zero-order valence-electron chi connectivity index (χ0n) is 15.7. The van der Waals surface area contributed by atoms with Crippen LogP contribution in [-0.2, 0) is 6.54 Å². The van der Waals surface area contributed by atoms with Crippen LogP contribution in [0.15, 0.2) is 55.1 Å². The Morgan fingerprint density at radius 2 is 1.93 bits per heavy atom. The number of nitrogens with zero attached hydrogens (tertiary/aromatic N) is 5. The Bertz CT molecular complexity index is 1210. The minimum Gasteiger partial charge on any atom is -0.322 e. The van der Waals surface area contributed by atoms with E-state index in [4.69, 9.17) is 11.6 Å². The van der Waals surface area contributed by atoms with Crippen LogP contribution in [0.4, 0.5) is 14.5 Å². The molecule has 0 saturated heterocycles. The van der Waals surface area contributed by atoms with Gasteiger partial charge in [0.05, 0.1) is 17.8 Å². The lowest BCUT2D eigenvalue weighted by Gasteiger charge is -2.08. The van der Waals surface area contributed by atoms with Gasteiger partial charge in [0.25, 0.3) is 5.91 Å². The Labute approximate surface area is 174 Å². The predicted molar refractivity (Wildman–Crippen MR) is 107 cm³/mol. The highest BCUT2D eigenvalue weighted by molar-refractivity contribution is 6.33. The van der Waals surface area contributed by atoms with Gasteiger partial charge in [0.15, 0.2) is 5.82 Å². The first-order chi connectivity index (χ1) is 14.4. The molecule has 4 rings (SSSR count). The number of hydrogen-bond acceptors (Lipinski definition) is 4. The first-order valence-corrected chi connectivity index (χ1v) is 9.23. The fourth-order valence-electron chi connectivity index (χ4n) is 2.98. The van der Waals surface area contributed by atoms with Crippen molar-refractivity contribution in [2.45, 2.75) is 13.5 Å². The molecule has 2 heterocycles. The SMILES string of the molecule is Cc1nn(Cc2ccc(F)cc2)c(Cl)c1C(=O)Nc1ccc(-n2cncn2)c(F)c1. The largest absolute Gasteiger partial charge is 0.322 e. The van der Waals surface area contributed by atoms with Gasteiger partial charge in [-0.05, 0) is 42.8 Å². The van der Waals surface area contributed by atoms with E-state index in [1.54, 1.807) is 25.1 Å². The number of aryl methyl sites for hydroxylation is 1. The fraction of sp³-hybridized carbons (Fsp3) is 0.100. The highest BCUT2D eigenvalue weighted by Crippen LogP contribution is 2.24. The average molecular weight is 429 g/mol. The Hall–Kier alpha value is -3.59. The van der Waals surface area contributed by atoms with Gasteiger partial charge in [0.1, 0.15) is 29.3 Å². The van der Waals surface area contributed by atoms with Gasteiger partial charge in [0, 0.05) is 5.69 Å². The van der Waals surface area contributed by atoms with E-state index in [1.165, 1.54) is 46.3 Å². The Morgan fingerprint density at radius 1 is 1.17 bits per heavy atom. The number of carbonyl (C=O) groups excluding carboxylic acids is 1. The van der Waals surface area contributed by atoms with Crippen LogP contribution in [-0.4, -0.2) is 30.5 Å². The number of hydrogen-bond donors (Lipinski definition) is 1. The van der Waals surface area contributed by atoms with Crippen LogP contribution in [0.5, 0.6) is 0 Å². The first-order valence-electron chi connectivity index (χ1n) is 8.85. The molecule has 1 amide bonds. The van der Waals surface area contributed by atoms with Gasteiger partial charge in [-0.1, -0.05) is 23.7 Å². The van der Waals surface area contributed by atoms with E-state index in [9.17, 15) is 13.6 Å². The summed E-state index contributed by atoms with van der Waals surface area (Å²) in [6.07, 6.45) is 2.67. The van der Waals surface area contributed by atoms with E-state index in [0.717, 1.165) is 5.56 Å². The highest BCUT2D eigenvalue weighted by atomic mass is 35.5. The van der Waals surface area contributed by atoms with Crippen molar-refractivity contribution in [3.05, 3.63) is 88.7 Å². The van der Waals surface area contributed by atoms with Gasteiger partial charge in [-0.3, -0.25) is 4.79 Å². The van der Waals surface area contributed by atoms with Crippen molar-refractivity contribution in [1.29, 1.82) is 0 Å². The summed E-state index contributed by atoms with van der Waals surface area (Å²) in [5, 5.41) is 10.9. The number of benzene rings is 2. The molecule has 0 fully saturated rings. The smallest absolute Gasteiger partial charge is 0.260 e. The maximum Gasteiger partial charge on any atom is 0.260 e. The van der Waals surface area contributed by atoms with Crippen LogP contribution >= 0.6 is 11.6 Å². The van der Waals surface area contributed by atoms with Crippen molar-refractivity contribution in [2.75, 3.05) is 5.32 Å². The van der Waals surface area contributed by atoms with E-state index in [1.807, 2.05) is 0 Å². The van der Waals surface area contributed by atoms with Crippen LogP contribution in [0, 0.1) is 18.6 Å². The summed E-state index contributed by atoms with van der Waals surface area (Å²) in [7, 11) is 0. The van der Waals surface area contributed by atoms with Crippen molar-refractivity contribution in [3.8, 4) is 5.69 Å². The molecule has 2 aromatic heterocycles. The molecule has 0 bridgehead atoms. The predicted octanol–water partition coefficient (Wildman–Crippen LogP) is 4.00. The molecule has 4 aromatic rings. The second-order valence-electron chi connectivity index (χ2n) is 6.50. The highest BCUT2D eigenvalue weighted by Gasteiger charge is 2.21. The number of amides is 1. The van der Waals surface area contributed by atoms with Gasteiger partial charge in [-0.25, -0.2) is 23.1 Å². The van der Waals surface area contributed by atoms with Gasteiger partial charge < -0.3 is 5.32 Å². The van der Waals surface area contributed by atoms with Crippen molar-refractivity contribution in [3.63, 3.8) is 0 Å². The summed E-state index contributed by atoms with van der Waals surface area (Å²) in [5.74, 6) is -1.44. The summed E-state index contributed by atoms with van der Waals surface area (Å²) in [5.41, 5.74) is 1.83. The maximum atomic E-state index is 14.4. The molecule has 152 valence electrons. The minimum atomic E-state index is -0.576.